The molecule has 0 saturated heterocycles. The number of amides is 2. The van der Waals surface area contributed by atoms with Crippen molar-refractivity contribution < 1.29 is 27.5 Å². The molecule has 0 aliphatic carbocycles. The number of primary amides is 1. The van der Waals surface area contributed by atoms with Gasteiger partial charge < -0.3 is 15.8 Å². The molecule has 23 heavy (non-hydrogen) atoms. The van der Waals surface area contributed by atoms with Crippen molar-refractivity contribution in [2.75, 3.05) is 0 Å². The van der Waals surface area contributed by atoms with Gasteiger partial charge in [0, 0.05) is 0 Å². The largest absolute Gasteiger partial charge is 0.573 e. The molecule has 3 N–H and O–H groups in total. The molecule has 0 heterocycles. The maximum absolute atomic E-state index is 12.2. The molecule has 128 valence electrons. The van der Waals surface area contributed by atoms with Crippen LogP contribution in [0.15, 0.2) is 24.3 Å². The number of nitrogens with one attached hydrogen (secondary N) is 1. The summed E-state index contributed by atoms with van der Waals surface area (Å²) in [5.74, 6) is -1.61. The normalized spacial score (nSPS) is 13.3. The van der Waals surface area contributed by atoms with Gasteiger partial charge in [0.25, 0.3) is 0 Å². The quantitative estimate of drug-likeness (QED) is 0.867. The van der Waals surface area contributed by atoms with E-state index in [1.165, 1.54) is 12.1 Å². The summed E-state index contributed by atoms with van der Waals surface area (Å²) in [4.78, 5) is 23.4. The molecule has 0 bridgehead atoms. The van der Waals surface area contributed by atoms with E-state index in [1.807, 2.05) is 0 Å². The SMILES string of the molecule is CC(C)(C)C(NC(=O)Cc1cccc(OC(F)(F)F)c1)C(N)=O. The third kappa shape index (κ3) is 6.58. The summed E-state index contributed by atoms with van der Waals surface area (Å²) < 4.78 is 40.3. The molecule has 0 aromatic heterocycles. The zero-order chi connectivity index (χ0) is 17.8. The van der Waals surface area contributed by atoms with Gasteiger partial charge in [-0.1, -0.05) is 32.9 Å². The molecule has 1 aromatic carbocycles. The first-order chi connectivity index (χ1) is 10.4. The number of ether oxygens (including phenoxy) is 1. The maximum atomic E-state index is 12.2. The predicted octanol–water partition coefficient (Wildman–Crippen LogP) is 2.14. The number of rotatable bonds is 5. The number of hydrogen-bond acceptors (Lipinski definition) is 3. The van der Waals surface area contributed by atoms with Gasteiger partial charge in [-0.25, -0.2) is 0 Å². The Kier molecular flexibility index (Phi) is 5.63. The summed E-state index contributed by atoms with van der Waals surface area (Å²) >= 11 is 0. The van der Waals surface area contributed by atoms with E-state index in [4.69, 9.17) is 5.73 Å². The number of hydrogen-bond donors (Lipinski definition) is 2. The third-order valence-corrected chi connectivity index (χ3v) is 2.95. The zero-order valence-electron chi connectivity index (χ0n) is 13.0. The number of carbonyl (C=O) groups is 2. The summed E-state index contributed by atoms with van der Waals surface area (Å²) in [6.45, 7) is 5.21. The van der Waals surface area contributed by atoms with Crippen LogP contribution in [0.2, 0.25) is 0 Å². The molecule has 0 fully saturated rings. The Morgan fingerprint density at radius 3 is 2.35 bits per heavy atom. The average molecular weight is 332 g/mol. The molecule has 0 radical (unpaired) electrons. The molecule has 1 aromatic rings. The number of benzene rings is 1. The highest BCUT2D eigenvalue weighted by atomic mass is 19.4. The fourth-order valence-corrected chi connectivity index (χ4v) is 1.96. The van der Waals surface area contributed by atoms with Crippen LogP contribution in [0.5, 0.6) is 5.75 Å². The lowest BCUT2D eigenvalue weighted by atomic mass is 9.86. The smallest absolute Gasteiger partial charge is 0.406 e. The van der Waals surface area contributed by atoms with Crippen LogP contribution >= 0.6 is 0 Å². The van der Waals surface area contributed by atoms with Crippen LogP contribution in [-0.4, -0.2) is 24.2 Å². The summed E-state index contributed by atoms with van der Waals surface area (Å²) in [6, 6.07) is 4.20. The monoisotopic (exact) mass is 332 g/mol. The topological polar surface area (TPSA) is 81.4 Å². The second kappa shape index (κ2) is 6.89. The van der Waals surface area contributed by atoms with Crippen LogP contribution in [0.25, 0.3) is 0 Å². The molecule has 0 aliphatic heterocycles. The lowest BCUT2D eigenvalue weighted by Crippen LogP contribution is -2.52. The van der Waals surface area contributed by atoms with Gasteiger partial charge in [-0.2, -0.15) is 0 Å². The summed E-state index contributed by atoms with van der Waals surface area (Å²) in [7, 11) is 0. The number of halogens is 3. The zero-order valence-corrected chi connectivity index (χ0v) is 13.0. The first-order valence-electron chi connectivity index (χ1n) is 6.82. The minimum Gasteiger partial charge on any atom is -0.406 e. The van der Waals surface area contributed by atoms with Crippen LogP contribution < -0.4 is 15.8 Å². The van der Waals surface area contributed by atoms with E-state index in [0.717, 1.165) is 12.1 Å². The maximum Gasteiger partial charge on any atom is 0.573 e. The Bertz CT molecular complexity index is 580. The predicted molar refractivity (Wildman–Crippen MR) is 77.4 cm³/mol. The van der Waals surface area contributed by atoms with E-state index < -0.39 is 35.4 Å². The van der Waals surface area contributed by atoms with Crippen molar-refractivity contribution in [2.24, 2.45) is 11.1 Å². The van der Waals surface area contributed by atoms with Crippen molar-refractivity contribution in [1.82, 2.24) is 5.32 Å². The second-order valence-electron chi connectivity index (χ2n) is 6.14. The Hall–Kier alpha value is -2.25. The Morgan fingerprint density at radius 1 is 1.26 bits per heavy atom. The van der Waals surface area contributed by atoms with Crippen molar-refractivity contribution in [3.63, 3.8) is 0 Å². The molecule has 0 spiro atoms. The molecule has 1 unspecified atom stereocenters. The molecule has 2 amide bonds. The van der Waals surface area contributed by atoms with Crippen LogP contribution in [0.3, 0.4) is 0 Å². The highest BCUT2D eigenvalue weighted by Gasteiger charge is 2.32. The summed E-state index contributed by atoms with van der Waals surface area (Å²) in [6.07, 6.45) is -5.00. The molecule has 1 atom stereocenters. The van der Waals surface area contributed by atoms with E-state index in [1.54, 1.807) is 20.8 Å². The lowest BCUT2D eigenvalue weighted by Gasteiger charge is -2.28. The Balaban J connectivity index is 2.78. The van der Waals surface area contributed by atoms with Gasteiger partial charge in [-0.05, 0) is 23.1 Å². The second-order valence-corrected chi connectivity index (χ2v) is 6.14. The molecule has 8 heteroatoms. The van der Waals surface area contributed by atoms with Gasteiger partial charge in [0.1, 0.15) is 11.8 Å². The first-order valence-corrected chi connectivity index (χ1v) is 6.82. The standard InChI is InChI=1S/C15H19F3N2O3/c1-14(2,3)12(13(19)22)20-11(21)8-9-5-4-6-10(7-9)23-15(16,17)18/h4-7,12H,8H2,1-3H3,(H2,19,22)(H,20,21). The fourth-order valence-electron chi connectivity index (χ4n) is 1.96. The van der Waals surface area contributed by atoms with Crippen molar-refractivity contribution in [3.05, 3.63) is 29.8 Å². The van der Waals surface area contributed by atoms with Crippen molar-refractivity contribution in [1.29, 1.82) is 0 Å². The van der Waals surface area contributed by atoms with E-state index in [9.17, 15) is 22.8 Å². The molecule has 0 aliphatic rings. The minimum atomic E-state index is -4.80. The van der Waals surface area contributed by atoms with E-state index >= 15 is 0 Å². The first kappa shape index (κ1) is 18.8. The summed E-state index contributed by atoms with van der Waals surface area (Å²) in [5.41, 5.74) is 5.00. The molecule has 0 saturated carbocycles. The van der Waals surface area contributed by atoms with E-state index in [0.29, 0.717) is 5.56 Å². The lowest BCUT2D eigenvalue weighted by molar-refractivity contribution is -0.274. The van der Waals surface area contributed by atoms with Gasteiger partial charge in [0.2, 0.25) is 11.8 Å². The van der Waals surface area contributed by atoms with Gasteiger partial charge in [0.15, 0.2) is 0 Å². The van der Waals surface area contributed by atoms with Crippen LogP contribution in [0.1, 0.15) is 26.3 Å². The van der Waals surface area contributed by atoms with Crippen molar-refractivity contribution in [3.8, 4) is 5.75 Å². The van der Waals surface area contributed by atoms with Crippen LogP contribution in [-0.2, 0) is 16.0 Å². The van der Waals surface area contributed by atoms with E-state index in [-0.39, 0.29) is 6.42 Å². The molecule has 5 nitrogen and oxygen atoms in total. The Labute approximate surface area is 132 Å². The van der Waals surface area contributed by atoms with Gasteiger partial charge in [0.05, 0.1) is 6.42 Å². The number of carbonyl (C=O) groups excluding carboxylic acids is 2. The van der Waals surface area contributed by atoms with Gasteiger partial charge in [-0.3, -0.25) is 9.59 Å². The highest BCUT2D eigenvalue weighted by molar-refractivity contribution is 5.88. The van der Waals surface area contributed by atoms with E-state index in [2.05, 4.69) is 10.1 Å². The minimum absolute atomic E-state index is 0.199. The van der Waals surface area contributed by atoms with Crippen molar-refractivity contribution >= 4 is 11.8 Å². The third-order valence-electron chi connectivity index (χ3n) is 2.95. The molecular formula is C15H19F3N2O3. The van der Waals surface area contributed by atoms with Crippen molar-refractivity contribution in [2.45, 2.75) is 39.6 Å². The number of nitrogens with two attached hydrogens (primary N) is 1. The van der Waals surface area contributed by atoms with Gasteiger partial charge >= 0.3 is 6.36 Å². The van der Waals surface area contributed by atoms with Crippen LogP contribution in [0, 0.1) is 5.41 Å². The van der Waals surface area contributed by atoms with Gasteiger partial charge in [-0.15, -0.1) is 13.2 Å². The average Bonchev–Trinajstić information content (AvgIpc) is 2.32. The molecular weight excluding hydrogens is 313 g/mol. The molecule has 1 rings (SSSR count). The van der Waals surface area contributed by atoms with Crippen LogP contribution in [0.4, 0.5) is 13.2 Å². The summed E-state index contributed by atoms with van der Waals surface area (Å²) in [5, 5.41) is 2.50. The number of alkyl halides is 3. The fraction of sp³-hybridized carbons (Fsp3) is 0.467. The highest BCUT2D eigenvalue weighted by Crippen LogP contribution is 2.24. The Morgan fingerprint density at radius 2 is 1.87 bits per heavy atom.